The van der Waals surface area contributed by atoms with E-state index in [9.17, 15) is 14.0 Å². The molecule has 0 aliphatic rings. The van der Waals surface area contributed by atoms with Gasteiger partial charge in [0.05, 0.1) is 6.42 Å². The third-order valence-corrected chi connectivity index (χ3v) is 3.29. The van der Waals surface area contributed by atoms with Gasteiger partial charge < -0.3 is 10.6 Å². The van der Waals surface area contributed by atoms with Crippen LogP contribution in [-0.4, -0.2) is 24.9 Å². The van der Waals surface area contributed by atoms with Crippen LogP contribution in [0.15, 0.2) is 48.5 Å². The van der Waals surface area contributed by atoms with Crippen molar-refractivity contribution in [1.82, 2.24) is 10.6 Å². The molecule has 0 saturated carbocycles. The summed E-state index contributed by atoms with van der Waals surface area (Å²) in [5.41, 5.74) is 2.36. The predicted molar refractivity (Wildman–Crippen MR) is 86.6 cm³/mol. The lowest BCUT2D eigenvalue weighted by Crippen LogP contribution is -2.35. The molecule has 0 spiro atoms. The standard InChI is InChI=1S/C18H19FN2O2/c1-13-3-2-4-15(11-13)18(23)21-10-9-20-17(22)12-14-5-7-16(19)8-6-14/h2-8,11H,9-10,12H2,1H3,(H,20,22)(H,21,23). The maximum atomic E-state index is 12.8. The number of halogens is 1. The van der Waals surface area contributed by atoms with E-state index < -0.39 is 0 Å². The number of benzene rings is 2. The van der Waals surface area contributed by atoms with E-state index in [1.807, 2.05) is 25.1 Å². The fraction of sp³-hybridized carbons (Fsp3) is 0.222. The number of carbonyl (C=O) groups excluding carboxylic acids is 2. The first-order valence-corrected chi connectivity index (χ1v) is 7.40. The molecular formula is C18H19FN2O2. The molecule has 2 amide bonds. The Morgan fingerprint density at radius 3 is 2.39 bits per heavy atom. The summed E-state index contributed by atoms with van der Waals surface area (Å²) in [6.45, 7) is 2.62. The Kier molecular flexibility index (Phi) is 5.86. The van der Waals surface area contributed by atoms with E-state index in [1.165, 1.54) is 12.1 Å². The molecule has 0 saturated heterocycles. The van der Waals surface area contributed by atoms with Gasteiger partial charge in [0, 0.05) is 18.7 Å². The Labute approximate surface area is 134 Å². The van der Waals surface area contributed by atoms with Gasteiger partial charge in [0.25, 0.3) is 5.91 Å². The molecule has 2 rings (SSSR count). The van der Waals surface area contributed by atoms with Crippen molar-refractivity contribution in [3.05, 3.63) is 71.0 Å². The number of nitrogens with one attached hydrogen (secondary N) is 2. The quantitative estimate of drug-likeness (QED) is 0.803. The van der Waals surface area contributed by atoms with Gasteiger partial charge in [0.1, 0.15) is 5.82 Å². The van der Waals surface area contributed by atoms with Crippen LogP contribution in [0, 0.1) is 12.7 Å². The van der Waals surface area contributed by atoms with Crippen LogP contribution in [0.4, 0.5) is 4.39 Å². The van der Waals surface area contributed by atoms with Crippen molar-refractivity contribution in [3.63, 3.8) is 0 Å². The van der Waals surface area contributed by atoms with Crippen molar-refractivity contribution in [2.24, 2.45) is 0 Å². The number of rotatable bonds is 6. The molecule has 5 heteroatoms. The van der Waals surface area contributed by atoms with Crippen molar-refractivity contribution in [2.75, 3.05) is 13.1 Å². The summed E-state index contributed by atoms with van der Waals surface area (Å²) in [7, 11) is 0. The summed E-state index contributed by atoms with van der Waals surface area (Å²) in [6.07, 6.45) is 0.187. The zero-order valence-corrected chi connectivity index (χ0v) is 12.9. The van der Waals surface area contributed by atoms with Gasteiger partial charge >= 0.3 is 0 Å². The van der Waals surface area contributed by atoms with Gasteiger partial charge in [-0.05, 0) is 36.8 Å². The van der Waals surface area contributed by atoms with Crippen LogP contribution in [-0.2, 0) is 11.2 Å². The first-order valence-electron chi connectivity index (χ1n) is 7.40. The van der Waals surface area contributed by atoms with Gasteiger partial charge in [-0.25, -0.2) is 4.39 Å². The van der Waals surface area contributed by atoms with Gasteiger partial charge in [-0.3, -0.25) is 9.59 Å². The minimum atomic E-state index is -0.326. The minimum absolute atomic E-state index is 0.165. The van der Waals surface area contributed by atoms with Crippen molar-refractivity contribution in [3.8, 4) is 0 Å². The summed E-state index contributed by atoms with van der Waals surface area (Å²) in [5, 5.41) is 5.47. The third-order valence-electron chi connectivity index (χ3n) is 3.29. The molecule has 2 aromatic carbocycles. The first kappa shape index (κ1) is 16.7. The monoisotopic (exact) mass is 314 g/mol. The van der Waals surface area contributed by atoms with Crippen LogP contribution >= 0.6 is 0 Å². The van der Waals surface area contributed by atoms with Crippen LogP contribution in [0.1, 0.15) is 21.5 Å². The Morgan fingerprint density at radius 2 is 1.70 bits per heavy atom. The predicted octanol–water partition coefficient (Wildman–Crippen LogP) is 2.22. The molecule has 0 unspecified atom stereocenters. The van der Waals surface area contributed by atoms with Crippen molar-refractivity contribution >= 4 is 11.8 Å². The normalized spacial score (nSPS) is 10.2. The van der Waals surface area contributed by atoms with E-state index in [2.05, 4.69) is 10.6 Å². The summed E-state index contributed by atoms with van der Waals surface area (Å²) in [4.78, 5) is 23.6. The fourth-order valence-corrected chi connectivity index (χ4v) is 2.12. The molecule has 0 aliphatic carbocycles. The van der Waals surface area contributed by atoms with E-state index >= 15 is 0 Å². The summed E-state index contributed by atoms with van der Waals surface area (Å²) in [6, 6.07) is 13.1. The van der Waals surface area contributed by atoms with E-state index in [0.717, 1.165) is 11.1 Å². The Bertz CT molecular complexity index is 684. The lowest BCUT2D eigenvalue weighted by molar-refractivity contribution is -0.120. The van der Waals surface area contributed by atoms with Crippen LogP contribution in [0.2, 0.25) is 0 Å². The maximum absolute atomic E-state index is 12.8. The van der Waals surface area contributed by atoms with Gasteiger partial charge in [0.15, 0.2) is 0 Å². The van der Waals surface area contributed by atoms with Gasteiger partial charge in [-0.1, -0.05) is 29.8 Å². The summed E-state index contributed by atoms with van der Waals surface area (Å²) >= 11 is 0. The van der Waals surface area contributed by atoms with Crippen LogP contribution in [0.25, 0.3) is 0 Å². The zero-order chi connectivity index (χ0) is 16.7. The Hall–Kier alpha value is -2.69. The largest absolute Gasteiger partial charge is 0.354 e. The second-order valence-corrected chi connectivity index (χ2v) is 5.28. The lowest BCUT2D eigenvalue weighted by Gasteiger charge is -2.08. The van der Waals surface area contributed by atoms with E-state index in [0.29, 0.717) is 18.7 Å². The molecule has 0 aromatic heterocycles. The van der Waals surface area contributed by atoms with E-state index in [1.54, 1.807) is 18.2 Å². The molecule has 0 heterocycles. The van der Waals surface area contributed by atoms with Crippen molar-refractivity contribution < 1.29 is 14.0 Å². The minimum Gasteiger partial charge on any atom is -0.354 e. The second kappa shape index (κ2) is 8.08. The number of aryl methyl sites for hydroxylation is 1. The molecule has 4 nitrogen and oxygen atoms in total. The number of hydrogen-bond acceptors (Lipinski definition) is 2. The number of hydrogen-bond donors (Lipinski definition) is 2. The van der Waals surface area contributed by atoms with Crippen LogP contribution in [0.3, 0.4) is 0 Å². The highest BCUT2D eigenvalue weighted by Gasteiger charge is 2.06. The van der Waals surface area contributed by atoms with E-state index in [-0.39, 0.29) is 24.1 Å². The van der Waals surface area contributed by atoms with Crippen LogP contribution < -0.4 is 10.6 Å². The smallest absolute Gasteiger partial charge is 0.251 e. The SMILES string of the molecule is Cc1cccc(C(=O)NCCNC(=O)Cc2ccc(F)cc2)c1. The van der Waals surface area contributed by atoms with Crippen molar-refractivity contribution in [1.29, 1.82) is 0 Å². The van der Waals surface area contributed by atoms with Gasteiger partial charge in [0.2, 0.25) is 5.91 Å². The molecule has 0 aliphatic heterocycles. The fourth-order valence-electron chi connectivity index (χ4n) is 2.12. The molecule has 120 valence electrons. The van der Waals surface area contributed by atoms with E-state index in [4.69, 9.17) is 0 Å². The Balaban J connectivity index is 1.69. The van der Waals surface area contributed by atoms with Gasteiger partial charge in [-0.15, -0.1) is 0 Å². The summed E-state index contributed by atoms with van der Waals surface area (Å²) in [5.74, 6) is -0.657. The molecule has 23 heavy (non-hydrogen) atoms. The molecular weight excluding hydrogens is 295 g/mol. The molecule has 0 radical (unpaired) electrons. The maximum Gasteiger partial charge on any atom is 0.251 e. The highest BCUT2D eigenvalue weighted by molar-refractivity contribution is 5.94. The molecule has 2 N–H and O–H groups in total. The molecule has 0 bridgehead atoms. The second-order valence-electron chi connectivity index (χ2n) is 5.28. The molecule has 0 atom stereocenters. The average Bonchev–Trinajstić information content (AvgIpc) is 2.53. The third kappa shape index (κ3) is 5.54. The van der Waals surface area contributed by atoms with Crippen LogP contribution in [0.5, 0.6) is 0 Å². The Morgan fingerprint density at radius 1 is 1.00 bits per heavy atom. The van der Waals surface area contributed by atoms with Crippen molar-refractivity contribution in [2.45, 2.75) is 13.3 Å². The molecule has 0 fully saturated rings. The molecule has 2 aromatic rings. The average molecular weight is 314 g/mol. The highest BCUT2D eigenvalue weighted by Crippen LogP contribution is 2.04. The first-order chi connectivity index (χ1) is 11.0. The highest BCUT2D eigenvalue weighted by atomic mass is 19.1. The number of amides is 2. The number of carbonyl (C=O) groups is 2. The zero-order valence-electron chi connectivity index (χ0n) is 12.9. The van der Waals surface area contributed by atoms with Gasteiger partial charge in [-0.2, -0.15) is 0 Å². The summed E-state index contributed by atoms with van der Waals surface area (Å²) < 4.78 is 12.8. The lowest BCUT2D eigenvalue weighted by atomic mass is 10.1. The topological polar surface area (TPSA) is 58.2 Å².